The van der Waals surface area contributed by atoms with Crippen LogP contribution < -0.4 is 10.1 Å². The summed E-state index contributed by atoms with van der Waals surface area (Å²) in [4.78, 5) is 14.7. The van der Waals surface area contributed by atoms with E-state index in [2.05, 4.69) is 43.1 Å². The van der Waals surface area contributed by atoms with Crippen LogP contribution in [0.15, 0.2) is 24.3 Å². The first-order valence-electron chi connectivity index (χ1n) is 9.63. The Hall–Kier alpha value is -1.55. The Morgan fingerprint density at radius 1 is 1.16 bits per heavy atom. The molecule has 140 valence electrons. The van der Waals surface area contributed by atoms with E-state index in [1.165, 1.54) is 37.9 Å². The molecule has 1 fully saturated rings. The van der Waals surface area contributed by atoms with E-state index in [1.54, 1.807) is 6.92 Å². The second-order valence-electron chi connectivity index (χ2n) is 8.08. The van der Waals surface area contributed by atoms with Gasteiger partial charge >= 0.3 is 0 Å². The molecular weight excluding hydrogens is 312 g/mol. The fourth-order valence-corrected chi connectivity index (χ4v) is 3.13. The summed E-state index contributed by atoms with van der Waals surface area (Å²) in [7, 11) is 0. The van der Waals surface area contributed by atoms with Crippen LogP contribution in [0.3, 0.4) is 0 Å². The summed E-state index contributed by atoms with van der Waals surface area (Å²) in [5, 5.41) is 2.99. The number of ether oxygens (including phenoxy) is 1. The van der Waals surface area contributed by atoms with E-state index in [0.29, 0.717) is 6.54 Å². The summed E-state index contributed by atoms with van der Waals surface area (Å²) in [6, 6.07) is 8.03. The summed E-state index contributed by atoms with van der Waals surface area (Å²) in [6.45, 7) is 12.6. The highest BCUT2D eigenvalue weighted by atomic mass is 16.5. The Labute approximate surface area is 152 Å². The lowest BCUT2D eigenvalue weighted by molar-refractivity contribution is -0.127. The number of benzene rings is 1. The molecule has 1 aliphatic heterocycles. The van der Waals surface area contributed by atoms with Gasteiger partial charge in [0.05, 0.1) is 0 Å². The lowest BCUT2D eigenvalue weighted by atomic mass is 9.87. The number of rotatable bonds is 7. The van der Waals surface area contributed by atoms with E-state index in [1.807, 2.05) is 12.1 Å². The zero-order valence-electron chi connectivity index (χ0n) is 16.3. The van der Waals surface area contributed by atoms with Crippen molar-refractivity contribution >= 4 is 5.91 Å². The van der Waals surface area contributed by atoms with Crippen LogP contribution in [0, 0.1) is 0 Å². The van der Waals surface area contributed by atoms with Gasteiger partial charge in [0.15, 0.2) is 6.10 Å². The maximum Gasteiger partial charge on any atom is 0.260 e. The van der Waals surface area contributed by atoms with Crippen molar-refractivity contribution in [2.45, 2.75) is 64.9 Å². The number of hydrogen-bond donors (Lipinski definition) is 1. The van der Waals surface area contributed by atoms with Crippen LogP contribution in [0.4, 0.5) is 0 Å². The van der Waals surface area contributed by atoms with Crippen molar-refractivity contribution in [3.63, 3.8) is 0 Å². The zero-order chi connectivity index (χ0) is 18.3. The van der Waals surface area contributed by atoms with Gasteiger partial charge in [-0.15, -0.1) is 0 Å². The Balaban J connectivity index is 1.69. The van der Waals surface area contributed by atoms with Crippen molar-refractivity contribution < 1.29 is 9.53 Å². The predicted octanol–water partition coefficient (Wildman–Crippen LogP) is 3.74. The number of carbonyl (C=O) groups is 1. The standard InChI is InChI=1S/C21H34N2O2/c1-17(25-19-11-9-18(10-12-19)21(2,3)4)20(24)22-13-8-16-23-14-6-5-7-15-23/h9-12,17H,5-8,13-16H2,1-4H3,(H,22,24)/t17-/m1/s1. The molecule has 1 aromatic carbocycles. The normalized spacial score (nSPS) is 17.1. The van der Waals surface area contributed by atoms with Gasteiger partial charge < -0.3 is 15.0 Å². The molecule has 1 saturated heterocycles. The highest BCUT2D eigenvalue weighted by Gasteiger charge is 2.16. The molecule has 25 heavy (non-hydrogen) atoms. The largest absolute Gasteiger partial charge is 0.481 e. The zero-order valence-corrected chi connectivity index (χ0v) is 16.3. The van der Waals surface area contributed by atoms with Crippen LogP contribution >= 0.6 is 0 Å². The number of carbonyl (C=O) groups excluding carboxylic acids is 1. The average Bonchev–Trinajstić information content (AvgIpc) is 2.59. The van der Waals surface area contributed by atoms with Crippen molar-refractivity contribution in [1.82, 2.24) is 10.2 Å². The molecular formula is C21H34N2O2. The van der Waals surface area contributed by atoms with Crippen molar-refractivity contribution in [1.29, 1.82) is 0 Å². The fourth-order valence-electron chi connectivity index (χ4n) is 3.13. The van der Waals surface area contributed by atoms with Gasteiger partial charge in [-0.25, -0.2) is 0 Å². The topological polar surface area (TPSA) is 41.6 Å². The maximum absolute atomic E-state index is 12.2. The highest BCUT2D eigenvalue weighted by Crippen LogP contribution is 2.24. The molecule has 0 spiro atoms. The summed E-state index contributed by atoms with van der Waals surface area (Å²) in [5.74, 6) is 0.697. The Morgan fingerprint density at radius 2 is 1.80 bits per heavy atom. The summed E-state index contributed by atoms with van der Waals surface area (Å²) >= 11 is 0. The molecule has 1 aliphatic rings. The number of piperidine rings is 1. The van der Waals surface area contributed by atoms with Crippen LogP contribution in [0.5, 0.6) is 5.75 Å². The Morgan fingerprint density at radius 3 is 2.40 bits per heavy atom. The van der Waals surface area contributed by atoms with Crippen molar-refractivity contribution in [3.05, 3.63) is 29.8 Å². The number of nitrogens with zero attached hydrogens (tertiary/aromatic N) is 1. The van der Waals surface area contributed by atoms with Crippen LogP contribution in [0.2, 0.25) is 0 Å². The molecule has 1 amide bonds. The fraction of sp³-hybridized carbons (Fsp3) is 0.667. The molecule has 0 radical (unpaired) electrons. The minimum Gasteiger partial charge on any atom is -0.481 e. The third-order valence-electron chi connectivity index (χ3n) is 4.80. The molecule has 4 nitrogen and oxygen atoms in total. The van der Waals surface area contributed by atoms with Crippen LogP contribution in [0.1, 0.15) is 58.9 Å². The second-order valence-corrected chi connectivity index (χ2v) is 8.08. The third-order valence-corrected chi connectivity index (χ3v) is 4.80. The molecule has 0 aromatic heterocycles. The van der Waals surface area contributed by atoms with Crippen molar-refractivity contribution in [2.24, 2.45) is 0 Å². The van der Waals surface area contributed by atoms with Gasteiger partial charge in [-0.2, -0.15) is 0 Å². The van der Waals surface area contributed by atoms with Gasteiger partial charge in [-0.05, 0) is 68.9 Å². The van der Waals surface area contributed by atoms with E-state index in [-0.39, 0.29) is 11.3 Å². The summed E-state index contributed by atoms with van der Waals surface area (Å²) in [6.07, 6.45) is 4.50. The summed E-state index contributed by atoms with van der Waals surface area (Å²) in [5.41, 5.74) is 1.38. The lowest BCUT2D eigenvalue weighted by Gasteiger charge is -2.26. The van der Waals surface area contributed by atoms with Gasteiger partial charge in [-0.1, -0.05) is 39.3 Å². The predicted molar refractivity (Wildman–Crippen MR) is 103 cm³/mol. The summed E-state index contributed by atoms with van der Waals surface area (Å²) < 4.78 is 5.77. The van der Waals surface area contributed by atoms with Gasteiger partial charge in [0.25, 0.3) is 5.91 Å². The minimum atomic E-state index is -0.476. The van der Waals surface area contributed by atoms with Crippen molar-refractivity contribution in [3.8, 4) is 5.75 Å². The molecule has 0 aliphatic carbocycles. The smallest absolute Gasteiger partial charge is 0.260 e. The number of nitrogens with one attached hydrogen (secondary N) is 1. The van der Waals surface area contributed by atoms with Crippen molar-refractivity contribution in [2.75, 3.05) is 26.2 Å². The van der Waals surface area contributed by atoms with E-state index in [9.17, 15) is 4.79 Å². The number of likely N-dealkylation sites (tertiary alicyclic amines) is 1. The molecule has 2 rings (SSSR count). The Bertz CT molecular complexity index is 528. The monoisotopic (exact) mass is 346 g/mol. The molecule has 0 unspecified atom stereocenters. The van der Waals surface area contributed by atoms with E-state index < -0.39 is 6.10 Å². The Kier molecular flexibility index (Phi) is 7.30. The number of hydrogen-bond acceptors (Lipinski definition) is 3. The lowest BCUT2D eigenvalue weighted by Crippen LogP contribution is -2.38. The van der Waals surface area contributed by atoms with E-state index in [0.717, 1.165) is 18.7 Å². The van der Waals surface area contributed by atoms with E-state index >= 15 is 0 Å². The molecule has 0 saturated carbocycles. The van der Waals surface area contributed by atoms with Gasteiger partial charge in [0.2, 0.25) is 0 Å². The van der Waals surface area contributed by atoms with Crippen LogP contribution in [0.25, 0.3) is 0 Å². The molecule has 1 N–H and O–H groups in total. The second kappa shape index (κ2) is 9.23. The molecule has 1 atom stereocenters. The third kappa shape index (κ3) is 6.69. The van der Waals surface area contributed by atoms with Crippen LogP contribution in [-0.2, 0) is 10.2 Å². The first kappa shape index (κ1) is 19.8. The van der Waals surface area contributed by atoms with E-state index in [4.69, 9.17) is 4.74 Å². The first-order chi connectivity index (χ1) is 11.9. The average molecular weight is 347 g/mol. The van der Waals surface area contributed by atoms with Crippen LogP contribution in [-0.4, -0.2) is 43.1 Å². The minimum absolute atomic E-state index is 0.0430. The van der Waals surface area contributed by atoms with Gasteiger partial charge in [-0.3, -0.25) is 4.79 Å². The first-order valence-corrected chi connectivity index (χ1v) is 9.63. The number of amides is 1. The highest BCUT2D eigenvalue weighted by molar-refractivity contribution is 5.80. The maximum atomic E-state index is 12.2. The van der Waals surface area contributed by atoms with Gasteiger partial charge in [0, 0.05) is 6.54 Å². The molecule has 1 aromatic rings. The SMILES string of the molecule is C[C@@H](Oc1ccc(C(C)(C)C)cc1)C(=O)NCCCN1CCCCC1. The quantitative estimate of drug-likeness (QED) is 0.765. The molecule has 1 heterocycles. The molecule has 4 heteroatoms. The molecule has 0 bridgehead atoms. The van der Waals surface area contributed by atoms with Gasteiger partial charge in [0.1, 0.15) is 5.75 Å².